The number of carbonyl (C=O) groups is 1. The number of nitrogens with zero attached hydrogens (tertiary/aromatic N) is 1. The molecule has 0 radical (unpaired) electrons. The van der Waals surface area contributed by atoms with Crippen molar-refractivity contribution >= 4 is 33.5 Å². The minimum atomic E-state index is -3.67. The third-order valence-corrected chi connectivity index (χ3v) is 5.48. The van der Waals surface area contributed by atoms with Gasteiger partial charge in [-0.1, -0.05) is 17.7 Å². The van der Waals surface area contributed by atoms with Gasteiger partial charge >= 0.3 is 5.97 Å². The molecule has 0 aliphatic carbocycles. The maximum Gasteiger partial charge on any atom is 0.319 e. The van der Waals surface area contributed by atoms with Gasteiger partial charge in [0.15, 0.2) is 0 Å². The van der Waals surface area contributed by atoms with Crippen molar-refractivity contribution in [1.82, 2.24) is 4.83 Å². The van der Waals surface area contributed by atoms with E-state index in [1.165, 1.54) is 31.0 Å². The van der Waals surface area contributed by atoms with Gasteiger partial charge < -0.3 is 4.74 Å². The number of methoxy groups -OCH3 is 1. The summed E-state index contributed by atoms with van der Waals surface area (Å²) in [4.78, 5) is 13.7. The Kier molecular flexibility index (Phi) is 4.89. The first kappa shape index (κ1) is 15.8. The highest BCUT2D eigenvalue weighted by Crippen LogP contribution is 2.25. The number of rotatable bonds is 4. The van der Waals surface area contributed by atoms with Crippen molar-refractivity contribution in [2.75, 3.05) is 12.9 Å². The Morgan fingerprint density at radius 1 is 1.38 bits per heavy atom. The fourth-order valence-electron chi connectivity index (χ4n) is 1.78. The predicted octanol–water partition coefficient (Wildman–Crippen LogP) is 1.31. The van der Waals surface area contributed by atoms with Gasteiger partial charge in [0.05, 0.1) is 17.7 Å². The van der Waals surface area contributed by atoms with Crippen LogP contribution in [-0.4, -0.2) is 38.2 Å². The zero-order valence-electron chi connectivity index (χ0n) is 11.7. The fourth-order valence-corrected chi connectivity index (χ4v) is 3.75. The van der Waals surface area contributed by atoms with Crippen LogP contribution in [0.5, 0.6) is 0 Å². The Morgan fingerprint density at radius 3 is 2.67 bits per heavy atom. The molecular formula is C13H16N2O4S2. The summed E-state index contributed by atoms with van der Waals surface area (Å²) < 4.78 is 28.8. The fraction of sp³-hybridized carbons (Fsp3) is 0.385. The SMILES string of the molecule is COC(=O)[C@@H]1CC(=NNS(=O)(=O)c2ccc(C)cc2)CS1. The first-order chi connectivity index (χ1) is 9.92. The molecule has 8 heteroatoms. The van der Waals surface area contributed by atoms with Crippen LogP contribution in [0, 0.1) is 6.92 Å². The summed E-state index contributed by atoms with van der Waals surface area (Å²) in [5, 5.41) is 3.60. The molecule has 0 unspecified atom stereocenters. The summed E-state index contributed by atoms with van der Waals surface area (Å²) in [6, 6.07) is 6.50. The number of hydrogen-bond acceptors (Lipinski definition) is 6. The predicted molar refractivity (Wildman–Crippen MR) is 81.8 cm³/mol. The van der Waals surface area contributed by atoms with Crippen LogP contribution in [0.2, 0.25) is 0 Å². The third-order valence-electron chi connectivity index (χ3n) is 2.99. The van der Waals surface area contributed by atoms with Gasteiger partial charge in [-0.05, 0) is 19.1 Å². The molecule has 21 heavy (non-hydrogen) atoms. The Labute approximate surface area is 128 Å². The summed E-state index contributed by atoms with van der Waals surface area (Å²) in [5.41, 5.74) is 1.61. The van der Waals surface area contributed by atoms with E-state index in [0.717, 1.165) is 5.56 Å². The Bertz CT molecular complexity index is 653. The van der Waals surface area contributed by atoms with Gasteiger partial charge in [0.25, 0.3) is 10.0 Å². The molecule has 1 aromatic rings. The molecule has 2 rings (SSSR count). The van der Waals surface area contributed by atoms with Crippen molar-refractivity contribution in [2.24, 2.45) is 5.10 Å². The second-order valence-corrected chi connectivity index (χ2v) is 7.46. The molecule has 1 N–H and O–H groups in total. The summed E-state index contributed by atoms with van der Waals surface area (Å²) in [5.74, 6) is 0.197. The minimum absolute atomic E-state index is 0.160. The molecule has 1 saturated heterocycles. The standard InChI is InChI=1S/C13H16N2O4S2/c1-9-3-5-11(6-4-9)21(17,18)15-14-10-7-12(20-8-10)13(16)19-2/h3-6,12,15H,7-8H2,1-2H3/t12-/m0/s1. The number of sulfonamides is 1. The van der Waals surface area contributed by atoms with E-state index in [-0.39, 0.29) is 16.1 Å². The van der Waals surface area contributed by atoms with Crippen LogP contribution in [0.15, 0.2) is 34.3 Å². The van der Waals surface area contributed by atoms with Crippen LogP contribution >= 0.6 is 11.8 Å². The van der Waals surface area contributed by atoms with Gasteiger partial charge in [-0.15, -0.1) is 11.8 Å². The van der Waals surface area contributed by atoms with Crippen LogP contribution in [0.4, 0.5) is 0 Å². The molecule has 1 fully saturated rings. The number of thioether (sulfide) groups is 1. The van der Waals surface area contributed by atoms with Crippen molar-refractivity contribution in [1.29, 1.82) is 0 Å². The van der Waals surface area contributed by atoms with E-state index in [9.17, 15) is 13.2 Å². The van der Waals surface area contributed by atoms with E-state index in [0.29, 0.717) is 17.9 Å². The minimum Gasteiger partial charge on any atom is -0.468 e. The largest absolute Gasteiger partial charge is 0.468 e. The molecule has 1 aromatic carbocycles. The number of esters is 1. The van der Waals surface area contributed by atoms with E-state index in [2.05, 4.69) is 14.7 Å². The zero-order chi connectivity index (χ0) is 15.5. The van der Waals surface area contributed by atoms with Gasteiger partial charge in [-0.3, -0.25) is 4.79 Å². The van der Waals surface area contributed by atoms with Crippen LogP contribution in [-0.2, 0) is 19.6 Å². The second-order valence-electron chi connectivity index (χ2n) is 4.61. The number of carbonyl (C=O) groups excluding carboxylic acids is 1. The zero-order valence-corrected chi connectivity index (χ0v) is 13.3. The van der Waals surface area contributed by atoms with Gasteiger partial charge in [0.1, 0.15) is 5.25 Å². The molecule has 0 spiro atoms. The lowest BCUT2D eigenvalue weighted by molar-refractivity contribution is -0.139. The van der Waals surface area contributed by atoms with Gasteiger partial charge in [-0.2, -0.15) is 13.5 Å². The topological polar surface area (TPSA) is 84.8 Å². The average Bonchev–Trinajstić information content (AvgIpc) is 2.94. The first-order valence-electron chi connectivity index (χ1n) is 6.26. The molecular weight excluding hydrogens is 312 g/mol. The highest BCUT2D eigenvalue weighted by Gasteiger charge is 2.29. The number of hydrazone groups is 1. The van der Waals surface area contributed by atoms with E-state index in [1.54, 1.807) is 12.1 Å². The van der Waals surface area contributed by atoms with Crippen LogP contribution < -0.4 is 4.83 Å². The van der Waals surface area contributed by atoms with E-state index in [1.807, 2.05) is 6.92 Å². The Hall–Kier alpha value is -1.54. The highest BCUT2D eigenvalue weighted by molar-refractivity contribution is 8.01. The lowest BCUT2D eigenvalue weighted by Crippen LogP contribution is -2.21. The molecule has 6 nitrogen and oxygen atoms in total. The van der Waals surface area contributed by atoms with Crippen LogP contribution in [0.3, 0.4) is 0 Å². The summed E-state index contributed by atoms with van der Waals surface area (Å²) in [7, 11) is -2.34. The van der Waals surface area contributed by atoms with Crippen LogP contribution in [0.25, 0.3) is 0 Å². The molecule has 0 amide bonds. The van der Waals surface area contributed by atoms with E-state index < -0.39 is 10.0 Å². The van der Waals surface area contributed by atoms with E-state index in [4.69, 9.17) is 0 Å². The van der Waals surface area contributed by atoms with Crippen molar-refractivity contribution in [2.45, 2.75) is 23.5 Å². The summed E-state index contributed by atoms with van der Waals surface area (Å²) in [6.45, 7) is 1.88. The smallest absolute Gasteiger partial charge is 0.319 e. The van der Waals surface area contributed by atoms with Crippen molar-refractivity contribution < 1.29 is 17.9 Å². The van der Waals surface area contributed by atoms with Crippen LogP contribution in [0.1, 0.15) is 12.0 Å². The lowest BCUT2D eigenvalue weighted by Gasteiger charge is -2.05. The summed E-state index contributed by atoms with van der Waals surface area (Å²) >= 11 is 1.39. The lowest BCUT2D eigenvalue weighted by atomic mass is 10.2. The molecule has 0 bridgehead atoms. The third kappa shape index (κ3) is 3.98. The first-order valence-corrected chi connectivity index (χ1v) is 8.79. The number of benzene rings is 1. The van der Waals surface area contributed by atoms with Gasteiger partial charge in [0, 0.05) is 12.2 Å². The average molecular weight is 328 g/mol. The highest BCUT2D eigenvalue weighted by atomic mass is 32.2. The van der Waals surface area contributed by atoms with Crippen molar-refractivity contribution in [3.05, 3.63) is 29.8 Å². The second kappa shape index (κ2) is 6.48. The number of nitrogens with one attached hydrogen (secondary N) is 1. The molecule has 1 aliphatic heterocycles. The maximum absolute atomic E-state index is 12.1. The maximum atomic E-state index is 12.1. The normalized spacial score (nSPS) is 20.5. The molecule has 1 aliphatic rings. The Morgan fingerprint density at radius 2 is 2.05 bits per heavy atom. The number of aryl methyl sites for hydroxylation is 1. The Balaban J connectivity index is 2.04. The number of ether oxygens (including phenoxy) is 1. The monoisotopic (exact) mass is 328 g/mol. The molecule has 0 aromatic heterocycles. The van der Waals surface area contributed by atoms with E-state index >= 15 is 0 Å². The molecule has 1 atom stereocenters. The van der Waals surface area contributed by atoms with Crippen molar-refractivity contribution in [3.8, 4) is 0 Å². The van der Waals surface area contributed by atoms with Crippen molar-refractivity contribution in [3.63, 3.8) is 0 Å². The number of hydrogen-bond donors (Lipinski definition) is 1. The van der Waals surface area contributed by atoms with Gasteiger partial charge in [-0.25, -0.2) is 4.83 Å². The molecule has 114 valence electrons. The molecule has 1 heterocycles. The summed E-state index contributed by atoms with van der Waals surface area (Å²) in [6.07, 6.45) is 0.397. The quantitative estimate of drug-likeness (QED) is 0.665. The molecule has 0 saturated carbocycles. The van der Waals surface area contributed by atoms with Gasteiger partial charge in [0.2, 0.25) is 0 Å².